The average Bonchev–Trinajstić information content (AvgIpc) is 3.05. The van der Waals surface area contributed by atoms with Gasteiger partial charge in [0.05, 0.1) is 11.8 Å². The van der Waals surface area contributed by atoms with Crippen LogP contribution < -0.4 is 0 Å². The van der Waals surface area contributed by atoms with Gasteiger partial charge in [-0.15, -0.1) is 0 Å². The highest BCUT2D eigenvalue weighted by atomic mass is 35.5. The Morgan fingerprint density at radius 2 is 1.92 bits per heavy atom. The minimum Gasteiger partial charge on any atom is -0.273 e. The molecule has 2 aromatic rings. The summed E-state index contributed by atoms with van der Waals surface area (Å²) in [5.74, 6) is 0.0293. The maximum Gasteiger partial charge on any atom is 0.242 e. The molecule has 0 fully saturated rings. The van der Waals surface area contributed by atoms with Crippen LogP contribution in [0.1, 0.15) is 30.9 Å². The van der Waals surface area contributed by atoms with E-state index in [-0.39, 0.29) is 11.9 Å². The quantitative estimate of drug-likeness (QED) is 0.790. The molecule has 0 N–H and O–H groups in total. The van der Waals surface area contributed by atoms with E-state index < -0.39 is 0 Å². The smallest absolute Gasteiger partial charge is 0.242 e. The van der Waals surface area contributed by atoms with E-state index in [0.29, 0.717) is 17.9 Å². The molecule has 0 aliphatic carbocycles. The third kappa shape index (κ3) is 3.74. The predicted octanol–water partition coefficient (Wildman–Crippen LogP) is 4.77. The number of hydrogen-bond donors (Lipinski definition) is 0. The number of amides is 1. The monoisotopic (exact) mass is 338 g/mol. The highest BCUT2D eigenvalue weighted by Gasteiger charge is 2.29. The number of halogens is 1. The van der Waals surface area contributed by atoms with E-state index in [1.54, 1.807) is 5.01 Å². The minimum atomic E-state index is -0.0525. The normalized spacial score (nSPS) is 17.3. The molecule has 1 unspecified atom stereocenters. The van der Waals surface area contributed by atoms with Gasteiger partial charge < -0.3 is 0 Å². The van der Waals surface area contributed by atoms with Gasteiger partial charge in [0.15, 0.2) is 0 Å². The summed E-state index contributed by atoms with van der Waals surface area (Å²) in [7, 11) is 0. The van der Waals surface area contributed by atoms with E-state index in [1.807, 2.05) is 67.6 Å². The standard InChI is InChI=1S/C20H19ClN2O/c1-2-20(24)23-18(13-8-15-6-4-3-5-7-15)14-19(22-23)16-9-11-17(21)12-10-16/h3-13,18H,2,14H2,1H3/b13-8+. The molecule has 1 amide bonds. The number of carbonyl (C=O) groups excluding carboxylic acids is 1. The van der Waals surface area contributed by atoms with Crippen molar-refractivity contribution in [2.45, 2.75) is 25.8 Å². The Morgan fingerprint density at radius 1 is 1.21 bits per heavy atom. The van der Waals surface area contributed by atoms with Crippen molar-refractivity contribution in [1.29, 1.82) is 0 Å². The topological polar surface area (TPSA) is 32.7 Å². The Bertz CT molecular complexity index is 766. The molecule has 3 rings (SSSR count). The fourth-order valence-corrected chi connectivity index (χ4v) is 2.81. The van der Waals surface area contributed by atoms with Crippen LogP contribution in [0, 0.1) is 0 Å². The first-order chi connectivity index (χ1) is 11.7. The molecule has 0 saturated heterocycles. The lowest BCUT2D eigenvalue weighted by Gasteiger charge is -2.17. The molecular formula is C20H19ClN2O. The lowest BCUT2D eigenvalue weighted by atomic mass is 10.0. The molecule has 1 aliphatic heterocycles. The van der Waals surface area contributed by atoms with Crippen molar-refractivity contribution in [3.63, 3.8) is 0 Å². The number of rotatable bonds is 4. The van der Waals surface area contributed by atoms with Crippen molar-refractivity contribution >= 4 is 29.3 Å². The van der Waals surface area contributed by atoms with Crippen LogP contribution in [0.15, 0.2) is 65.8 Å². The summed E-state index contributed by atoms with van der Waals surface area (Å²) in [5.41, 5.74) is 3.03. The van der Waals surface area contributed by atoms with E-state index in [4.69, 9.17) is 11.6 Å². The van der Waals surface area contributed by atoms with E-state index in [2.05, 4.69) is 11.2 Å². The lowest BCUT2D eigenvalue weighted by Crippen LogP contribution is -2.30. The molecule has 2 aromatic carbocycles. The van der Waals surface area contributed by atoms with Gasteiger partial charge >= 0.3 is 0 Å². The Balaban J connectivity index is 1.83. The number of hydrazone groups is 1. The molecule has 1 heterocycles. The zero-order chi connectivity index (χ0) is 16.9. The summed E-state index contributed by atoms with van der Waals surface area (Å²) in [4.78, 5) is 12.2. The van der Waals surface area contributed by atoms with Gasteiger partial charge in [-0.3, -0.25) is 4.79 Å². The maximum atomic E-state index is 12.2. The first-order valence-corrected chi connectivity index (χ1v) is 8.44. The van der Waals surface area contributed by atoms with Crippen LogP contribution in [0.3, 0.4) is 0 Å². The van der Waals surface area contributed by atoms with E-state index in [1.165, 1.54) is 0 Å². The summed E-state index contributed by atoms with van der Waals surface area (Å²) in [6.45, 7) is 1.86. The molecule has 1 aliphatic rings. The lowest BCUT2D eigenvalue weighted by molar-refractivity contribution is -0.131. The highest BCUT2D eigenvalue weighted by Crippen LogP contribution is 2.23. The number of carbonyl (C=O) groups is 1. The zero-order valence-electron chi connectivity index (χ0n) is 13.5. The zero-order valence-corrected chi connectivity index (χ0v) is 14.3. The van der Waals surface area contributed by atoms with Gasteiger partial charge in [-0.05, 0) is 23.3 Å². The van der Waals surface area contributed by atoms with Crippen molar-refractivity contribution in [1.82, 2.24) is 5.01 Å². The minimum absolute atomic E-state index is 0.0293. The molecule has 0 bridgehead atoms. The van der Waals surface area contributed by atoms with Crippen molar-refractivity contribution < 1.29 is 4.79 Å². The molecule has 122 valence electrons. The molecule has 0 saturated carbocycles. The molecule has 0 spiro atoms. The molecule has 3 nitrogen and oxygen atoms in total. The van der Waals surface area contributed by atoms with Gasteiger partial charge in [-0.25, -0.2) is 5.01 Å². The first-order valence-electron chi connectivity index (χ1n) is 8.06. The Hall–Kier alpha value is -2.39. The maximum absolute atomic E-state index is 12.2. The third-order valence-electron chi connectivity index (χ3n) is 3.99. The highest BCUT2D eigenvalue weighted by molar-refractivity contribution is 6.30. The fraction of sp³-hybridized carbons (Fsp3) is 0.200. The number of benzene rings is 2. The number of hydrogen-bond acceptors (Lipinski definition) is 2. The Morgan fingerprint density at radius 3 is 2.58 bits per heavy atom. The van der Waals surface area contributed by atoms with E-state index >= 15 is 0 Å². The van der Waals surface area contributed by atoms with Crippen molar-refractivity contribution in [3.05, 3.63) is 76.8 Å². The molecule has 0 radical (unpaired) electrons. The van der Waals surface area contributed by atoms with Gasteiger partial charge in [0, 0.05) is 17.9 Å². The summed E-state index contributed by atoms with van der Waals surface area (Å²) in [5, 5.41) is 6.85. The van der Waals surface area contributed by atoms with Crippen LogP contribution in [0.4, 0.5) is 0 Å². The van der Waals surface area contributed by atoms with Gasteiger partial charge in [0.1, 0.15) is 0 Å². The van der Waals surface area contributed by atoms with E-state index in [0.717, 1.165) is 16.8 Å². The second-order valence-corrected chi connectivity index (χ2v) is 6.12. The second-order valence-electron chi connectivity index (χ2n) is 5.69. The molecular weight excluding hydrogens is 320 g/mol. The molecule has 4 heteroatoms. The second kappa shape index (κ2) is 7.45. The van der Waals surface area contributed by atoms with Gasteiger partial charge in [0.2, 0.25) is 5.91 Å². The van der Waals surface area contributed by atoms with Crippen LogP contribution in [0.25, 0.3) is 6.08 Å². The summed E-state index contributed by atoms with van der Waals surface area (Å²) in [6.07, 6.45) is 5.24. The van der Waals surface area contributed by atoms with Crippen LogP contribution in [0.5, 0.6) is 0 Å². The van der Waals surface area contributed by atoms with Gasteiger partial charge in [-0.1, -0.05) is 73.1 Å². The summed E-state index contributed by atoms with van der Waals surface area (Å²) >= 11 is 5.95. The van der Waals surface area contributed by atoms with E-state index in [9.17, 15) is 4.79 Å². The Labute approximate surface area is 147 Å². The molecule has 0 aromatic heterocycles. The average molecular weight is 339 g/mol. The number of nitrogens with zero attached hydrogens (tertiary/aromatic N) is 2. The first kappa shape index (κ1) is 16.5. The predicted molar refractivity (Wildman–Crippen MR) is 99.0 cm³/mol. The SMILES string of the molecule is CCC(=O)N1N=C(c2ccc(Cl)cc2)CC1/C=C/c1ccccc1. The van der Waals surface area contributed by atoms with Crippen LogP contribution in [-0.2, 0) is 4.79 Å². The van der Waals surface area contributed by atoms with Gasteiger partial charge in [0.25, 0.3) is 0 Å². The fourth-order valence-electron chi connectivity index (χ4n) is 2.69. The van der Waals surface area contributed by atoms with Crippen molar-refractivity contribution in [2.75, 3.05) is 0 Å². The summed E-state index contributed by atoms with van der Waals surface area (Å²) < 4.78 is 0. The van der Waals surface area contributed by atoms with Crippen molar-refractivity contribution in [3.8, 4) is 0 Å². The molecule has 24 heavy (non-hydrogen) atoms. The largest absolute Gasteiger partial charge is 0.273 e. The van der Waals surface area contributed by atoms with Crippen molar-refractivity contribution in [2.24, 2.45) is 5.10 Å². The Kier molecular flexibility index (Phi) is 5.11. The van der Waals surface area contributed by atoms with Crippen LogP contribution in [-0.4, -0.2) is 22.7 Å². The van der Waals surface area contributed by atoms with Crippen LogP contribution in [0.2, 0.25) is 5.02 Å². The van der Waals surface area contributed by atoms with Gasteiger partial charge in [-0.2, -0.15) is 5.10 Å². The summed E-state index contributed by atoms with van der Waals surface area (Å²) in [6, 6.07) is 17.6. The molecule has 1 atom stereocenters. The third-order valence-corrected chi connectivity index (χ3v) is 4.24. The van der Waals surface area contributed by atoms with Crippen LogP contribution >= 0.6 is 11.6 Å².